The van der Waals surface area contributed by atoms with Gasteiger partial charge in [-0.2, -0.15) is 0 Å². The van der Waals surface area contributed by atoms with E-state index < -0.39 is 28.5 Å². The minimum absolute atomic E-state index is 0.00132. The number of halogens is 3. The van der Waals surface area contributed by atoms with Crippen LogP contribution < -0.4 is 9.62 Å². The zero-order chi connectivity index (χ0) is 30.4. The molecule has 3 aromatic rings. The third-order valence-corrected chi connectivity index (χ3v) is 10.2. The number of hydrogen-bond donors (Lipinski definition) is 1. The maximum atomic E-state index is 14.1. The van der Waals surface area contributed by atoms with Crippen molar-refractivity contribution < 1.29 is 18.0 Å². The molecule has 0 saturated heterocycles. The van der Waals surface area contributed by atoms with Crippen LogP contribution in [0.2, 0.25) is 10.0 Å². The second kappa shape index (κ2) is 14.3. The van der Waals surface area contributed by atoms with Crippen LogP contribution in [0, 0.1) is 6.92 Å². The summed E-state index contributed by atoms with van der Waals surface area (Å²) in [5.74, 6) is -0.841. The maximum absolute atomic E-state index is 14.1. The molecule has 0 aliphatic heterocycles. The Kier molecular flexibility index (Phi) is 11.0. The van der Waals surface area contributed by atoms with Gasteiger partial charge in [0.15, 0.2) is 0 Å². The van der Waals surface area contributed by atoms with E-state index in [1.807, 2.05) is 31.2 Å². The van der Waals surface area contributed by atoms with Crippen LogP contribution in [-0.2, 0) is 26.2 Å². The zero-order valence-electron chi connectivity index (χ0n) is 23.5. The fourth-order valence-corrected chi connectivity index (χ4v) is 7.32. The summed E-state index contributed by atoms with van der Waals surface area (Å²) in [4.78, 5) is 29.0. The Balaban J connectivity index is 1.71. The van der Waals surface area contributed by atoms with Crippen molar-refractivity contribution in [3.05, 3.63) is 92.4 Å². The molecule has 1 atom stereocenters. The van der Waals surface area contributed by atoms with Gasteiger partial charge in [0.1, 0.15) is 12.6 Å². The first-order valence-corrected chi connectivity index (χ1v) is 16.8. The van der Waals surface area contributed by atoms with E-state index in [2.05, 4.69) is 21.2 Å². The number of rotatable bonds is 10. The number of sulfonamides is 1. The molecule has 224 valence electrons. The Morgan fingerprint density at radius 1 is 1.00 bits per heavy atom. The van der Waals surface area contributed by atoms with E-state index >= 15 is 0 Å². The van der Waals surface area contributed by atoms with E-state index in [4.69, 9.17) is 23.2 Å². The van der Waals surface area contributed by atoms with Gasteiger partial charge >= 0.3 is 0 Å². The van der Waals surface area contributed by atoms with Crippen LogP contribution in [0.25, 0.3) is 0 Å². The lowest BCUT2D eigenvalue weighted by atomic mass is 9.95. The van der Waals surface area contributed by atoms with Gasteiger partial charge in [-0.05, 0) is 74.7 Å². The number of nitrogens with zero attached hydrogens (tertiary/aromatic N) is 2. The minimum atomic E-state index is -4.25. The van der Waals surface area contributed by atoms with Gasteiger partial charge in [0, 0.05) is 22.1 Å². The molecule has 7 nitrogen and oxygen atoms in total. The van der Waals surface area contributed by atoms with Crippen molar-refractivity contribution in [1.29, 1.82) is 0 Å². The second-order valence-corrected chi connectivity index (χ2v) is 14.2. The van der Waals surface area contributed by atoms with Crippen LogP contribution in [-0.4, -0.2) is 43.8 Å². The van der Waals surface area contributed by atoms with Gasteiger partial charge in [0.25, 0.3) is 10.0 Å². The molecule has 0 spiro atoms. The molecule has 4 rings (SSSR count). The van der Waals surface area contributed by atoms with E-state index in [-0.39, 0.29) is 39.1 Å². The lowest BCUT2D eigenvalue weighted by Crippen LogP contribution is -2.53. The average molecular weight is 696 g/mol. The summed E-state index contributed by atoms with van der Waals surface area (Å²) in [5, 5.41) is 3.48. The normalized spacial score (nSPS) is 14.7. The molecule has 0 heterocycles. The lowest BCUT2D eigenvalue weighted by molar-refractivity contribution is -0.139. The third kappa shape index (κ3) is 8.07. The lowest BCUT2D eigenvalue weighted by Gasteiger charge is -2.33. The fraction of sp³-hybridized carbons (Fsp3) is 0.355. The van der Waals surface area contributed by atoms with Gasteiger partial charge < -0.3 is 10.2 Å². The number of benzene rings is 3. The number of anilines is 1. The van der Waals surface area contributed by atoms with Crippen LogP contribution in [0.3, 0.4) is 0 Å². The Morgan fingerprint density at radius 3 is 2.36 bits per heavy atom. The van der Waals surface area contributed by atoms with E-state index in [1.165, 1.54) is 29.2 Å². The molecular formula is C31H34BrCl2N3O4S. The van der Waals surface area contributed by atoms with Crippen LogP contribution in [0.4, 0.5) is 5.69 Å². The van der Waals surface area contributed by atoms with Crippen molar-refractivity contribution in [2.75, 3.05) is 10.8 Å². The first kappa shape index (κ1) is 32.3. The fourth-order valence-electron chi connectivity index (χ4n) is 5.01. The summed E-state index contributed by atoms with van der Waals surface area (Å²) in [6.07, 6.45) is 5.03. The summed E-state index contributed by atoms with van der Waals surface area (Å²) in [5.41, 5.74) is 1.74. The quantitative estimate of drug-likeness (QED) is 0.245. The van der Waals surface area contributed by atoms with Gasteiger partial charge in [0.2, 0.25) is 11.8 Å². The summed E-state index contributed by atoms with van der Waals surface area (Å²) < 4.78 is 29.8. The predicted molar refractivity (Wildman–Crippen MR) is 171 cm³/mol. The van der Waals surface area contributed by atoms with E-state index in [0.717, 1.165) is 52.0 Å². The van der Waals surface area contributed by atoms with Crippen molar-refractivity contribution >= 4 is 66.7 Å². The summed E-state index contributed by atoms with van der Waals surface area (Å²) in [7, 11) is -4.25. The average Bonchev–Trinajstić information content (AvgIpc) is 2.96. The van der Waals surface area contributed by atoms with Crippen molar-refractivity contribution in [2.24, 2.45) is 0 Å². The Labute approximate surface area is 266 Å². The summed E-state index contributed by atoms with van der Waals surface area (Å²) in [6.45, 7) is 3.02. The number of aryl methyl sites for hydroxylation is 1. The molecule has 1 aliphatic carbocycles. The molecule has 1 N–H and O–H groups in total. The largest absolute Gasteiger partial charge is 0.352 e. The SMILES string of the molecule is Cc1ccc(S(=O)(=O)N(CC(=O)N(Cc2cccc(Br)c2)C(C)C(=O)NC2CCCCC2)c2cc(Cl)ccc2Cl)cc1. The maximum Gasteiger partial charge on any atom is 0.264 e. The number of amides is 2. The van der Waals surface area contributed by atoms with E-state index in [9.17, 15) is 18.0 Å². The molecule has 0 aromatic heterocycles. The van der Waals surface area contributed by atoms with E-state index in [0.29, 0.717) is 0 Å². The molecule has 42 heavy (non-hydrogen) atoms. The van der Waals surface area contributed by atoms with Crippen LogP contribution in [0.1, 0.15) is 50.2 Å². The molecule has 1 unspecified atom stereocenters. The molecule has 1 saturated carbocycles. The topological polar surface area (TPSA) is 86.8 Å². The molecule has 0 bridgehead atoms. The van der Waals surface area contributed by atoms with Crippen LogP contribution in [0.5, 0.6) is 0 Å². The van der Waals surface area contributed by atoms with Crippen molar-refractivity contribution in [2.45, 2.75) is 69.5 Å². The molecule has 2 amide bonds. The number of hydrogen-bond acceptors (Lipinski definition) is 4. The highest BCUT2D eigenvalue weighted by molar-refractivity contribution is 9.10. The number of carbonyl (C=O) groups excluding carboxylic acids is 2. The highest BCUT2D eigenvalue weighted by Gasteiger charge is 2.34. The number of carbonyl (C=O) groups is 2. The van der Waals surface area contributed by atoms with Gasteiger partial charge in [0.05, 0.1) is 15.6 Å². The van der Waals surface area contributed by atoms with Crippen molar-refractivity contribution in [1.82, 2.24) is 10.2 Å². The van der Waals surface area contributed by atoms with Crippen LogP contribution in [0.15, 0.2) is 76.1 Å². The smallest absolute Gasteiger partial charge is 0.264 e. The van der Waals surface area contributed by atoms with Gasteiger partial charge in [-0.3, -0.25) is 13.9 Å². The zero-order valence-corrected chi connectivity index (χ0v) is 27.4. The van der Waals surface area contributed by atoms with Crippen LogP contribution >= 0.6 is 39.1 Å². The van der Waals surface area contributed by atoms with Gasteiger partial charge in [-0.1, -0.05) is 88.2 Å². The predicted octanol–water partition coefficient (Wildman–Crippen LogP) is 7.13. The highest BCUT2D eigenvalue weighted by atomic mass is 79.9. The summed E-state index contributed by atoms with van der Waals surface area (Å²) >= 11 is 16.2. The standard InChI is InChI=1S/C31H34BrCl2N3O4S/c1-21-11-14-27(15-12-21)42(40,41)37(29-18-25(33)13-16-28(29)34)20-30(38)36(19-23-7-6-8-24(32)17-23)22(2)31(39)35-26-9-4-3-5-10-26/h6-8,11-18,22,26H,3-5,9-10,19-20H2,1-2H3,(H,35,39). The third-order valence-electron chi connectivity index (χ3n) is 7.43. The highest BCUT2D eigenvalue weighted by Crippen LogP contribution is 2.33. The molecular weight excluding hydrogens is 661 g/mol. The molecule has 11 heteroatoms. The Morgan fingerprint density at radius 2 is 1.69 bits per heavy atom. The number of nitrogens with one attached hydrogen (secondary N) is 1. The summed E-state index contributed by atoms with van der Waals surface area (Å²) in [6, 6.07) is 17.4. The van der Waals surface area contributed by atoms with E-state index in [1.54, 1.807) is 25.1 Å². The van der Waals surface area contributed by atoms with Gasteiger partial charge in [-0.25, -0.2) is 8.42 Å². The second-order valence-electron chi connectivity index (χ2n) is 10.6. The van der Waals surface area contributed by atoms with Crippen molar-refractivity contribution in [3.63, 3.8) is 0 Å². The minimum Gasteiger partial charge on any atom is -0.352 e. The molecule has 0 radical (unpaired) electrons. The molecule has 3 aromatic carbocycles. The molecule has 1 aliphatic rings. The Bertz CT molecular complexity index is 1530. The Hall–Kier alpha value is -2.59. The van der Waals surface area contributed by atoms with Gasteiger partial charge in [-0.15, -0.1) is 0 Å². The first-order chi connectivity index (χ1) is 20.0. The molecule has 1 fully saturated rings. The van der Waals surface area contributed by atoms with Crippen molar-refractivity contribution in [3.8, 4) is 0 Å². The monoisotopic (exact) mass is 693 g/mol. The first-order valence-electron chi connectivity index (χ1n) is 13.8.